The highest BCUT2D eigenvalue weighted by Crippen LogP contribution is 2.41. The summed E-state index contributed by atoms with van der Waals surface area (Å²) in [5.74, 6) is 1.65. The number of halogens is 2. The van der Waals surface area contributed by atoms with Crippen molar-refractivity contribution in [3.8, 4) is 5.75 Å². The number of rotatable bonds is 9. The van der Waals surface area contributed by atoms with Crippen molar-refractivity contribution in [1.29, 1.82) is 0 Å². The molecule has 1 N–H and O–H groups in total. The standard InChI is InChI=1S/C26H28BrClN4O3S/c1-5-12-36-26-30-25-29-16(4)22(24(33)35-15(2)3)23(32(25)31-26)19-13-18(27)10-11-21(19)34-14-17-8-6-7-9-20(17)28/h6-11,13,15,23H,5,12,14H2,1-4H3,(H,29,30,31). The lowest BCUT2D eigenvalue weighted by atomic mass is 9.95. The monoisotopic (exact) mass is 590 g/mol. The first-order valence-corrected chi connectivity index (χ1v) is 13.9. The first-order valence-electron chi connectivity index (χ1n) is 11.7. The predicted octanol–water partition coefficient (Wildman–Crippen LogP) is 7.02. The molecule has 0 fully saturated rings. The average molecular weight is 592 g/mol. The Labute approximate surface area is 228 Å². The number of nitrogens with one attached hydrogen (secondary N) is 1. The van der Waals surface area contributed by atoms with Crippen LogP contribution in [0.3, 0.4) is 0 Å². The molecule has 1 aliphatic rings. The Balaban J connectivity index is 1.81. The van der Waals surface area contributed by atoms with Crippen LogP contribution in [0.25, 0.3) is 0 Å². The van der Waals surface area contributed by atoms with Crippen LogP contribution in [0.4, 0.5) is 5.95 Å². The molecule has 10 heteroatoms. The fourth-order valence-corrected chi connectivity index (χ4v) is 5.10. The maximum Gasteiger partial charge on any atom is 0.338 e. The highest BCUT2D eigenvalue weighted by atomic mass is 79.9. The Morgan fingerprint density at radius 3 is 2.78 bits per heavy atom. The van der Waals surface area contributed by atoms with Crippen molar-refractivity contribution >= 4 is 51.2 Å². The zero-order valence-corrected chi connectivity index (χ0v) is 23.7. The van der Waals surface area contributed by atoms with Crippen LogP contribution in [0.5, 0.6) is 5.75 Å². The largest absolute Gasteiger partial charge is 0.488 e. The zero-order valence-electron chi connectivity index (χ0n) is 20.5. The Bertz CT molecular complexity index is 1290. The summed E-state index contributed by atoms with van der Waals surface area (Å²) in [4.78, 5) is 18.0. The summed E-state index contributed by atoms with van der Waals surface area (Å²) in [7, 11) is 0. The molecule has 0 amide bonds. The summed E-state index contributed by atoms with van der Waals surface area (Å²) in [6, 6.07) is 12.7. The lowest BCUT2D eigenvalue weighted by molar-refractivity contribution is -0.143. The fourth-order valence-electron chi connectivity index (χ4n) is 3.85. The molecule has 0 spiro atoms. The molecular formula is C26H28BrClN4O3S. The van der Waals surface area contributed by atoms with Gasteiger partial charge in [0.15, 0.2) is 0 Å². The number of anilines is 1. The van der Waals surface area contributed by atoms with Crippen LogP contribution in [-0.4, -0.2) is 32.6 Å². The van der Waals surface area contributed by atoms with E-state index in [0.29, 0.717) is 33.1 Å². The predicted molar refractivity (Wildman–Crippen MR) is 147 cm³/mol. The second-order valence-electron chi connectivity index (χ2n) is 8.59. The number of carbonyl (C=O) groups excluding carboxylic acids is 1. The Kier molecular flexibility index (Phi) is 8.64. The second-order valence-corrected chi connectivity index (χ2v) is 11.0. The van der Waals surface area contributed by atoms with Gasteiger partial charge in [-0.05, 0) is 51.5 Å². The quantitative estimate of drug-likeness (QED) is 0.212. The van der Waals surface area contributed by atoms with Crippen molar-refractivity contribution in [2.24, 2.45) is 0 Å². The maximum absolute atomic E-state index is 13.4. The van der Waals surface area contributed by atoms with E-state index in [-0.39, 0.29) is 12.7 Å². The highest BCUT2D eigenvalue weighted by molar-refractivity contribution is 9.10. The topological polar surface area (TPSA) is 78.3 Å². The van der Waals surface area contributed by atoms with E-state index in [1.807, 2.05) is 63.2 Å². The normalized spacial score (nSPS) is 15.0. The SMILES string of the molecule is CCCSc1nc2n(n1)C(c1cc(Br)ccc1OCc1ccccc1Cl)C(C(=O)OC(C)C)=C(C)N2. The summed E-state index contributed by atoms with van der Waals surface area (Å²) >= 11 is 11.5. The van der Waals surface area contributed by atoms with Gasteiger partial charge in [0.25, 0.3) is 0 Å². The van der Waals surface area contributed by atoms with Crippen molar-refractivity contribution in [1.82, 2.24) is 14.8 Å². The van der Waals surface area contributed by atoms with Crippen LogP contribution in [0.15, 0.2) is 63.4 Å². The van der Waals surface area contributed by atoms with Gasteiger partial charge in [0.1, 0.15) is 18.4 Å². The lowest BCUT2D eigenvalue weighted by Crippen LogP contribution is -2.31. The minimum absolute atomic E-state index is 0.273. The summed E-state index contributed by atoms with van der Waals surface area (Å²) in [5.41, 5.74) is 2.74. The van der Waals surface area contributed by atoms with Crippen LogP contribution in [0.2, 0.25) is 5.02 Å². The highest BCUT2D eigenvalue weighted by Gasteiger charge is 2.37. The van der Waals surface area contributed by atoms with Crippen molar-refractivity contribution in [3.63, 3.8) is 0 Å². The third-order valence-electron chi connectivity index (χ3n) is 5.44. The van der Waals surface area contributed by atoms with E-state index in [2.05, 4.69) is 33.2 Å². The van der Waals surface area contributed by atoms with Gasteiger partial charge in [-0.25, -0.2) is 9.48 Å². The first kappa shape index (κ1) is 26.6. The zero-order chi connectivity index (χ0) is 25.8. The molecule has 1 unspecified atom stereocenters. The molecule has 1 atom stereocenters. The van der Waals surface area contributed by atoms with Gasteiger partial charge in [-0.2, -0.15) is 4.98 Å². The van der Waals surface area contributed by atoms with Crippen molar-refractivity contribution in [3.05, 3.63) is 74.4 Å². The van der Waals surface area contributed by atoms with E-state index >= 15 is 0 Å². The minimum atomic E-state index is -0.602. The van der Waals surface area contributed by atoms with Crippen LogP contribution in [0.1, 0.15) is 51.3 Å². The van der Waals surface area contributed by atoms with Crippen LogP contribution in [-0.2, 0) is 16.1 Å². The molecule has 0 bridgehead atoms. The van der Waals surface area contributed by atoms with Gasteiger partial charge in [-0.1, -0.05) is 64.4 Å². The van der Waals surface area contributed by atoms with E-state index in [1.54, 1.807) is 16.4 Å². The van der Waals surface area contributed by atoms with Crippen LogP contribution < -0.4 is 10.1 Å². The Morgan fingerprint density at radius 1 is 1.28 bits per heavy atom. The molecule has 4 rings (SSSR count). The second kappa shape index (κ2) is 11.7. The number of aromatic nitrogens is 3. The number of esters is 1. The van der Waals surface area contributed by atoms with Crippen LogP contribution in [0, 0.1) is 0 Å². The van der Waals surface area contributed by atoms with E-state index < -0.39 is 12.0 Å². The number of benzene rings is 2. The van der Waals surface area contributed by atoms with Gasteiger partial charge in [0.05, 0.1) is 11.7 Å². The van der Waals surface area contributed by atoms with Gasteiger partial charge < -0.3 is 14.8 Å². The van der Waals surface area contributed by atoms with E-state index in [1.165, 1.54) is 0 Å². The number of ether oxygens (including phenoxy) is 2. The molecule has 7 nitrogen and oxygen atoms in total. The van der Waals surface area contributed by atoms with Gasteiger partial charge in [-0.15, -0.1) is 5.10 Å². The molecular weight excluding hydrogens is 564 g/mol. The fraction of sp³-hybridized carbons (Fsp3) is 0.346. The van der Waals surface area contributed by atoms with Gasteiger partial charge in [0, 0.05) is 32.1 Å². The summed E-state index contributed by atoms with van der Waals surface area (Å²) in [5, 5.41) is 9.29. The maximum atomic E-state index is 13.4. The third-order valence-corrected chi connectivity index (χ3v) is 7.34. The Morgan fingerprint density at radius 2 is 2.06 bits per heavy atom. The van der Waals surface area contributed by atoms with Crippen molar-refractivity contribution < 1.29 is 14.3 Å². The molecule has 2 aromatic carbocycles. The van der Waals surface area contributed by atoms with Crippen LogP contribution >= 0.6 is 39.3 Å². The lowest BCUT2D eigenvalue weighted by Gasteiger charge is -2.29. The van der Waals surface area contributed by atoms with E-state index in [9.17, 15) is 4.79 Å². The molecule has 2 heterocycles. The molecule has 0 saturated heterocycles. The van der Waals surface area contributed by atoms with Gasteiger partial charge in [0.2, 0.25) is 11.1 Å². The van der Waals surface area contributed by atoms with Gasteiger partial charge >= 0.3 is 5.97 Å². The molecule has 0 saturated carbocycles. The number of nitrogens with zero attached hydrogens (tertiary/aromatic N) is 3. The van der Waals surface area contributed by atoms with E-state index in [4.69, 9.17) is 26.2 Å². The molecule has 0 radical (unpaired) electrons. The molecule has 36 heavy (non-hydrogen) atoms. The first-order chi connectivity index (χ1) is 17.3. The third kappa shape index (κ3) is 5.90. The summed E-state index contributed by atoms with van der Waals surface area (Å²) in [6.45, 7) is 7.89. The molecule has 1 aromatic heterocycles. The number of allylic oxidation sites excluding steroid dienone is 1. The smallest absolute Gasteiger partial charge is 0.338 e. The molecule has 0 aliphatic carbocycles. The summed E-state index contributed by atoms with van der Waals surface area (Å²) < 4.78 is 14.5. The average Bonchev–Trinajstić information content (AvgIpc) is 3.23. The molecule has 3 aromatic rings. The van der Waals surface area contributed by atoms with Crippen molar-refractivity contribution in [2.75, 3.05) is 11.1 Å². The van der Waals surface area contributed by atoms with Crippen molar-refractivity contribution in [2.45, 2.75) is 58.0 Å². The van der Waals surface area contributed by atoms with Gasteiger partial charge in [-0.3, -0.25) is 0 Å². The number of hydrogen-bond donors (Lipinski definition) is 1. The Hall–Kier alpha value is -2.49. The number of thioether (sulfide) groups is 1. The number of hydrogen-bond acceptors (Lipinski definition) is 7. The molecule has 1 aliphatic heterocycles. The summed E-state index contributed by atoms with van der Waals surface area (Å²) in [6.07, 6.45) is 0.727. The molecule has 190 valence electrons. The number of fused-ring (bicyclic) bond motifs is 1. The number of carbonyl (C=O) groups is 1. The minimum Gasteiger partial charge on any atom is -0.488 e. The van der Waals surface area contributed by atoms with E-state index in [0.717, 1.165) is 27.8 Å².